The zero-order valence-electron chi connectivity index (χ0n) is 17.0. The number of hydrogen-bond acceptors (Lipinski definition) is 5. The SMILES string of the molecule is CC(C)CNc1ncnc2c1sc1[nH+]c(N3CCCCC3)c3c(c12)CCCC3. The van der Waals surface area contributed by atoms with Crippen LogP contribution in [0.1, 0.15) is 57.1 Å². The molecule has 148 valence electrons. The molecule has 6 heteroatoms. The van der Waals surface area contributed by atoms with Crippen molar-refractivity contribution >= 4 is 43.4 Å². The minimum Gasteiger partial charge on any atom is -0.369 e. The second-order valence-electron chi connectivity index (χ2n) is 8.67. The van der Waals surface area contributed by atoms with Crippen LogP contribution in [0.25, 0.3) is 20.4 Å². The van der Waals surface area contributed by atoms with E-state index in [0.29, 0.717) is 5.92 Å². The first kappa shape index (κ1) is 18.1. The highest BCUT2D eigenvalue weighted by Crippen LogP contribution is 2.41. The van der Waals surface area contributed by atoms with Crippen molar-refractivity contribution in [1.29, 1.82) is 0 Å². The van der Waals surface area contributed by atoms with E-state index in [9.17, 15) is 0 Å². The highest BCUT2D eigenvalue weighted by atomic mass is 32.1. The number of H-pyrrole nitrogens is 1. The largest absolute Gasteiger partial charge is 0.369 e. The molecule has 0 bridgehead atoms. The molecule has 1 aliphatic heterocycles. The van der Waals surface area contributed by atoms with Gasteiger partial charge in [-0.15, -0.1) is 0 Å². The average Bonchev–Trinajstić information content (AvgIpc) is 3.11. The summed E-state index contributed by atoms with van der Waals surface area (Å²) in [6.07, 6.45) is 10.6. The molecule has 1 fully saturated rings. The minimum absolute atomic E-state index is 0.587. The summed E-state index contributed by atoms with van der Waals surface area (Å²) >= 11 is 1.82. The van der Waals surface area contributed by atoms with E-state index >= 15 is 0 Å². The summed E-state index contributed by atoms with van der Waals surface area (Å²) in [5.74, 6) is 2.96. The molecule has 4 heterocycles. The highest BCUT2D eigenvalue weighted by molar-refractivity contribution is 7.25. The van der Waals surface area contributed by atoms with Crippen LogP contribution in [0.5, 0.6) is 0 Å². The third-order valence-corrected chi connectivity index (χ3v) is 7.21. The number of nitrogens with zero attached hydrogens (tertiary/aromatic N) is 3. The van der Waals surface area contributed by atoms with Crippen molar-refractivity contribution in [2.75, 3.05) is 29.9 Å². The first-order chi connectivity index (χ1) is 13.7. The van der Waals surface area contributed by atoms with Gasteiger partial charge in [0.05, 0.1) is 24.0 Å². The number of rotatable bonds is 4. The first-order valence-corrected chi connectivity index (χ1v) is 11.7. The van der Waals surface area contributed by atoms with E-state index < -0.39 is 0 Å². The Morgan fingerprint density at radius 2 is 1.86 bits per heavy atom. The summed E-state index contributed by atoms with van der Waals surface area (Å²) in [7, 11) is 0. The first-order valence-electron chi connectivity index (χ1n) is 10.9. The molecule has 0 amide bonds. The van der Waals surface area contributed by atoms with Gasteiger partial charge in [0, 0.05) is 12.1 Å². The van der Waals surface area contributed by atoms with Gasteiger partial charge in [-0.1, -0.05) is 25.2 Å². The van der Waals surface area contributed by atoms with Crippen LogP contribution in [-0.2, 0) is 12.8 Å². The molecular formula is C22H30N5S+. The standard InChI is InChI=1S/C22H29N5S/c1-14(2)12-23-20-19-18(24-13-25-20)17-15-8-4-5-9-16(15)21(26-22(17)28-19)27-10-6-3-7-11-27/h13-14H,3-12H2,1-2H3,(H,23,24,25)/p+1. The van der Waals surface area contributed by atoms with Crippen molar-refractivity contribution in [3.8, 4) is 0 Å². The second-order valence-corrected chi connectivity index (χ2v) is 9.69. The normalized spacial score (nSPS) is 17.5. The van der Waals surface area contributed by atoms with Gasteiger partial charge in [0.1, 0.15) is 16.8 Å². The second kappa shape index (κ2) is 7.47. The van der Waals surface area contributed by atoms with Crippen molar-refractivity contribution in [3.63, 3.8) is 0 Å². The Bertz CT molecular complexity index is 1000. The Morgan fingerprint density at radius 1 is 1.07 bits per heavy atom. The maximum Gasteiger partial charge on any atom is 0.278 e. The molecule has 0 saturated carbocycles. The fourth-order valence-corrected chi connectivity index (χ4v) is 5.86. The molecular weight excluding hydrogens is 366 g/mol. The molecule has 0 radical (unpaired) electrons. The van der Waals surface area contributed by atoms with Crippen LogP contribution in [0.15, 0.2) is 6.33 Å². The Labute approximate surface area is 170 Å². The van der Waals surface area contributed by atoms with E-state index in [1.54, 1.807) is 17.5 Å². The maximum absolute atomic E-state index is 4.73. The summed E-state index contributed by atoms with van der Waals surface area (Å²) in [6.45, 7) is 7.75. The Kier molecular flexibility index (Phi) is 4.83. The predicted octanol–water partition coefficient (Wildman–Crippen LogP) is 4.60. The molecule has 5 nitrogen and oxygen atoms in total. The van der Waals surface area contributed by atoms with E-state index in [1.165, 1.54) is 78.8 Å². The van der Waals surface area contributed by atoms with Crippen LogP contribution in [0.3, 0.4) is 0 Å². The molecule has 0 atom stereocenters. The van der Waals surface area contributed by atoms with Crippen LogP contribution in [0, 0.1) is 5.92 Å². The summed E-state index contributed by atoms with van der Waals surface area (Å²) in [4.78, 5) is 17.0. The molecule has 0 unspecified atom stereocenters. The molecule has 1 aliphatic carbocycles. The van der Waals surface area contributed by atoms with E-state index in [-0.39, 0.29) is 0 Å². The number of aryl methyl sites for hydroxylation is 1. The fourth-order valence-electron chi connectivity index (χ4n) is 4.72. The Balaban J connectivity index is 1.70. The predicted molar refractivity (Wildman–Crippen MR) is 118 cm³/mol. The summed E-state index contributed by atoms with van der Waals surface area (Å²) in [5.41, 5.74) is 4.22. The van der Waals surface area contributed by atoms with Crippen molar-refractivity contribution in [3.05, 3.63) is 17.5 Å². The molecule has 3 aromatic heterocycles. The number of pyridine rings is 1. The van der Waals surface area contributed by atoms with Gasteiger partial charge in [0.25, 0.3) is 5.82 Å². The molecule has 0 spiro atoms. The highest BCUT2D eigenvalue weighted by Gasteiger charge is 2.30. The molecule has 1 saturated heterocycles. The number of anilines is 2. The number of fused-ring (bicyclic) bond motifs is 5. The molecule has 28 heavy (non-hydrogen) atoms. The third-order valence-electron chi connectivity index (χ3n) is 6.11. The van der Waals surface area contributed by atoms with Gasteiger partial charge in [-0.2, -0.15) is 0 Å². The van der Waals surface area contributed by atoms with E-state index in [0.717, 1.165) is 17.9 Å². The number of aromatic amines is 1. The van der Waals surface area contributed by atoms with Crippen LogP contribution in [0.4, 0.5) is 11.6 Å². The monoisotopic (exact) mass is 396 g/mol. The Morgan fingerprint density at radius 3 is 2.64 bits per heavy atom. The number of nitrogens with one attached hydrogen (secondary N) is 2. The van der Waals surface area contributed by atoms with Gasteiger partial charge in [0.2, 0.25) is 0 Å². The summed E-state index contributed by atoms with van der Waals surface area (Å²) in [6, 6.07) is 0. The summed E-state index contributed by atoms with van der Waals surface area (Å²) < 4.78 is 1.19. The van der Waals surface area contributed by atoms with Crippen molar-refractivity contribution < 1.29 is 4.98 Å². The maximum atomic E-state index is 4.73. The van der Waals surface area contributed by atoms with Crippen molar-refractivity contribution in [2.45, 2.75) is 58.8 Å². The topological polar surface area (TPSA) is 55.2 Å². The lowest BCUT2D eigenvalue weighted by molar-refractivity contribution is -0.328. The zero-order valence-corrected chi connectivity index (χ0v) is 17.8. The van der Waals surface area contributed by atoms with Crippen LogP contribution in [-0.4, -0.2) is 29.6 Å². The van der Waals surface area contributed by atoms with Crippen molar-refractivity contribution in [1.82, 2.24) is 9.97 Å². The summed E-state index contributed by atoms with van der Waals surface area (Å²) in [5, 5.41) is 4.89. The molecule has 3 aromatic rings. The van der Waals surface area contributed by atoms with E-state index in [2.05, 4.69) is 34.0 Å². The minimum atomic E-state index is 0.587. The van der Waals surface area contributed by atoms with Gasteiger partial charge in [-0.3, -0.25) is 4.90 Å². The van der Waals surface area contributed by atoms with Gasteiger partial charge in [-0.25, -0.2) is 15.0 Å². The lowest BCUT2D eigenvalue weighted by atomic mass is 9.89. The van der Waals surface area contributed by atoms with Crippen LogP contribution < -0.4 is 15.2 Å². The Hall–Kier alpha value is -1.95. The van der Waals surface area contributed by atoms with Gasteiger partial charge >= 0.3 is 0 Å². The zero-order chi connectivity index (χ0) is 19.1. The smallest absolute Gasteiger partial charge is 0.278 e. The van der Waals surface area contributed by atoms with Gasteiger partial charge in [0.15, 0.2) is 4.83 Å². The lowest BCUT2D eigenvalue weighted by Gasteiger charge is -2.25. The number of piperidine rings is 1. The number of aromatic nitrogens is 3. The molecule has 0 aromatic carbocycles. The van der Waals surface area contributed by atoms with Crippen LogP contribution >= 0.6 is 11.3 Å². The number of hydrogen-bond donors (Lipinski definition) is 1. The van der Waals surface area contributed by atoms with Crippen molar-refractivity contribution in [2.24, 2.45) is 5.92 Å². The lowest BCUT2D eigenvalue weighted by Crippen LogP contribution is -2.36. The number of thiophene rings is 1. The van der Waals surface area contributed by atoms with Gasteiger partial charge in [-0.05, 0) is 56.4 Å². The van der Waals surface area contributed by atoms with E-state index in [4.69, 9.17) is 4.98 Å². The molecule has 5 rings (SSSR count). The average molecular weight is 397 g/mol. The van der Waals surface area contributed by atoms with E-state index in [1.807, 2.05) is 11.3 Å². The quantitative estimate of drug-likeness (QED) is 0.700. The van der Waals surface area contributed by atoms with Crippen LogP contribution in [0.2, 0.25) is 0 Å². The molecule has 2 aliphatic rings. The fraction of sp³-hybridized carbons (Fsp3) is 0.591. The van der Waals surface area contributed by atoms with Gasteiger partial charge < -0.3 is 5.32 Å². The molecule has 2 N–H and O–H groups in total. The third kappa shape index (κ3) is 3.11.